The number of hydrogen-bond acceptors (Lipinski definition) is 2. The van der Waals surface area contributed by atoms with Crippen molar-refractivity contribution in [3.05, 3.63) is 59.4 Å². The van der Waals surface area contributed by atoms with Gasteiger partial charge in [-0.05, 0) is 36.8 Å². The minimum Gasteiger partial charge on any atom is -0.266 e. The number of nitrogens with zero attached hydrogens (tertiary/aromatic N) is 1. The third-order valence-corrected chi connectivity index (χ3v) is 4.76. The minimum atomic E-state index is -4.33. The van der Waals surface area contributed by atoms with Gasteiger partial charge in [0.1, 0.15) is 22.3 Å². The van der Waals surface area contributed by atoms with Crippen molar-refractivity contribution < 1.29 is 21.6 Å². The van der Waals surface area contributed by atoms with E-state index in [2.05, 4.69) is 0 Å². The van der Waals surface area contributed by atoms with Crippen molar-refractivity contribution in [2.24, 2.45) is 0 Å². The lowest BCUT2D eigenvalue weighted by atomic mass is 10.2. The summed E-state index contributed by atoms with van der Waals surface area (Å²) in [5, 5.41) is 0. The third kappa shape index (κ3) is 2.87. The van der Waals surface area contributed by atoms with Crippen molar-refractivity contribution in [3.8, 4) is 0 Å². The fraction of sp³-hybridized carbons (Fsp3) is 0.143. The van der Waals surface area contributed by atoms with Crippen LogP contribution in [0.1, 0.15) is 5.56 Å². The highest BCUT2D eigenvalue weighted by atomic mass is 32.2. The van der Waals surface area contributed by atoms with Crippen LogP contribution >= 0.6 is 0 Å². The molecule has 0 aliphatic heterocycles. The smallest absolute Gasteiger partial charge is 0.266 e. The van der Waals surface area contributed by atoms with Gasteiger partial charge in [-0.1, -0.05) is 6.07 Å². The van der Waals surface area contributed by atoms with Gasteiger partial charge in [-0.15, -0.1) is 0 Å². The molecule has 0 bridgehead atoms. The third-order valence-electron chi connectivity index (χ3n) is 2.97. The van der Waals surface area contributed by atoms with Gasteiger partial charge in [0.15, 0.2) is 0 Å². The van der Waals surface area contributed by atoms with Gasteiger partial charge in [-0.2, -0.15) is 0 Å². The number of benzene rings is 2. The van der Waals surface area contributed by atoms with Crippen molar-refractivity contribution in [1.82, 2.24) is 0 Å². The van der Waals surface area contributed by atoms with Crippen LogP contribution in [0.2, 0.25) is 0 Å². The summed E-state index contributed by atoms with van der Waals surface area (Å²) in [5.41, 5.74) is 0.0407. The number of aryl methyl sites for hydroxylation is 1. The topological polar surface area (TPSA) is 37.4 Å². The van der Waals surface area contributed by atoms with Crippen molar-refractivity contribution in [3.63, 3.8) is 0 Å². The van der Waals surface area contributed by atoms with E-state index in [9.17, 15) is 21.6 Å². The molecule has 0 fully saturated rings. The Morgan fingerprint density at radius 3 is 2.24 bits per heavy atom. The first-order valence-electron chi connectivity index (χ1n) is 5.93. The normalized spacial score (nSPS) is 11.5. The maximum atomic E-state index is 13.7. The van der Waals surface area contributed by atoms with Crippen LogP contribution in [0.4, 0.5) is 18.9 Å². The predicted octanol–water partition coefficient (Wildman–Crippen LogP) is 3.24. The summed E-state index contributed by atoms with van der Waals surface area (Å²) >= 11 is 0. The standard InChI is InChI=1S/C14H12F3NO2S/c1-9-3-5-12(17)14(7-9)21(19,20)18(2)13-8-10(15)4-6-11(13)16/h3-8H,1-2H3. The predicted molar refractivity (Wildman–Crippen MR) is 73.1 cm³/mol. The van der Waals surface area contributed by atoms with Crippen LogP contribution in [0.25, 0.3) is 0 Å². The van der Waals surface area contributed by atoms with Crippen molar-refractivity contribution in [1.29, 1.82) is 0 Å². The van der Waals surface area contributed by atoms with Gasteiger partial charge in [0, 0.05) is 13.1 Å². The number of halogens is 3. The molecule has 112 valence electrons. The first-order valence-corrected chi connectivity index (χ1v) is 7.37. The Morgan fingerprint density at radius 2 is 1.57 bits per heavy atom. The first kappa shape index (κ1) is 15.4. The highest BCUT2D eigenvalue weighted by molar-refractivity contribution is 7.92. The van der Waals surface area contributed by atoms with Gasteiger partial charge in [0.25, 0.3) is 10.0 Å². The van der Waals surface area contributed by atoms with E-state index < -0.39 is 38.1 Å². The zero-order valence-corrected chi connectivity index (χ0v) is 12.1. The molecule has 0 saturated heterocycles. The minimum absolute atomic E-state index is 0.490. The van der Waals surface area contributed by atoms with Gasteiger partial charge in [-0.3, -0.25) is 4.31 Å². The zero-order chi connectivity index (χ0) is 15.8. The molecule has 2 aromatic carbocycles. The molecule has 0 atom stereocenters. The lowest BCUT2D eigenvalue weighted by Gasteiger charge is -2.20. The van der Waals surface area contributed by atoms with Crippen LogP contribution in [0, 0.1) is 24.4 Å². The summed E-state index contributed by atoms with van der Waals surface area (Å²) < 4.78 is 65.9. The van der Waals surface area contributed by atoms with E-state index in [1.54, 1.807) is 6.92 Å². The summed E-state index contributed by atoms with van der Waals surface area (Å²) in [6, 6.07) is 5.98. The molecule has 0 unspecified atom stereocenters. The monoisotopic (exact) mass is 315 g/mol. The zero-order valence-electron chi connectivity index (χ0n) is 11.3. The molecule has 0 heterocycles. The second-order valence-corrected chi connectivity index (χ2v) is 6.44. The summed E-state index contributed by atoms with van der Waals surface area (Å²) in [6.07, 6.45) is 0. The van der Waals surface area contributed by atoms with Gasteiger partial charge in [0.05, 0.1) is 5.69 Å². The Bertz CT molecular complexity index is 791. The fourth-order valence-corrected chi connectivity index (χ4v) is 3.16. The van der Waals surface area contributed by atoms with Gasteiger partial charge < -0.3 is 0 Å². The molecular formula is C14H12F3NO2S. The molecule has 3 nitrogen and oxygen atoms in total. The Morgan fingerprint density at radius 1 is 0.952 bits per heavy atom. The highest BCUT2D eigenvalue weighted by Crippen LogP contribution is 2.27. The van der Waals surface area contributed by atoms with Crippen LogP contribution in [0.5, 0.6) is 0 Å². The van der Waals surface area contributed by atoms with E-state index >= 15 is 0 Å². The summed E-state index contributed by atoms with van der Waals surface area (Å²) in [6.45, 7) is 1.60. The molecule has 0 radical (unpaired) electrons. The summed E-state index contributed by atoms with van der Waals surface area (Å²) in [5.74, 6) is -2.67. The molecule has 21 heavy (non-hydrogen) atoms. The molecule has 0 N–H and O–H groups in total. The second-order valence-electron chi connectivity index (χ2n) is 4.50. The van der Waals surface area contributed by atoms with Crippen molar-refractivity contribution >= 4 is 15.7 Å². The molecule has 7 heteroatoms. The number of sulfonamides is 1. The van der Waals surface area contributed by atoms with E-state index in [4.69, 9.17) is 0 Å². The van der Waals surface area contributed by atoms with Crippen molar-refractivity contribution in [2.75, 3.05) is 11.4 Å². The molecule has 0 aliphatic rings. The molecule has 0 spiro atoms. The lowest BCUT2D eigenvalue weighted by molar-refractivity contribution is 0.562. The average molecular weight is 315 g/mol. The first-order chi connectivity index (χ1) is 9.73. The Balaban J connectivity index is 2.58. The molecule has 0 aliphatic carbocycles. The summed E-state index contributed by atoms with van der Waals surface area (Å²) in [4.78, 5) is -0.589. The SMILES string of the molecule is Cc1ccc(F)c(S(=O)(=O)N(C)c2cc(F)ccc2F)c1. The van der Waals surface area contributed by atoms with E-state index in [0.29, 0.717) is 9.87 Å². The Kier molecular flexibility index (Phi) is 3.95. The molecule has 0 amide bonds. The van der Waals surface area contributed by atoms with E-state index in [1.807, 2.05) is 0 Å². The van der Waals surface area contributed by atoms with Gasteiger partial charge in [0.2, 0.25) is 0 Å². The second kappa shape index (κ2) is 5.40. The molecule has 0 aromatic heterocycles. The van der Waals surface area contributed by atoms with Gasteiger partial charge in [-0.25, -0.2) is 21.6 Å². The molecular weight excluding hydrogens is 303 g/mol. The molecule has 0 saturated carbocycles. The van der Waals surface area contributed by atoms with Crippen LogP contribution in [-0.4, -0.2) is 15.5 Å². The number of hydrogen-bond donors (Lipinski definition) is 0. The maximum Gasteiger partial charge on any atom is 0.267 e. The Hall–Kier alpha value is -2.02. The van der Waals surface area contributed by atoms with Crippen LogP contribution in [0.15, 0.2) is 41.3 Å². The van der Waals surface area contributed by atoms with E-state index in [0.717, 1.165) is 37.4 Å². The largest absolute Gasteiger partial charge is 0.267 e. The lowest BCUT2D eigenvalue weighted by Crippen LogP contribution is -2.28. The number of rotatable bonds is 3. The molecule has 2 rings (SSSR count). The van der Waals surface area contributed by atoms with Crippen molar-refractivity contribution in [2.45, 2.75) is 11.8 Å². The quantitative estimate of drug-likeness (QED) is 0.872. The highest BCUT2D eigenvalue weighted by Gasteiger charge is 2.27. The number of anilines is 1. The average Bonchev–Trinajstić information content (AvgIpc) is 2.43. The Labute approximate surface area is 120 Å². The molecule has 2 aromatic rings. The van der Waals surface area contributed by atoms with E-state index in [-0.39, 0.29) is 0 Å². The fourth-order valence-electron chi connectivity index (χ4n) is 1.81. The van der Waals surface area contributed by atoms with Crippen LogP contribution in [0.3, 0.4) is 0 Å². The van der Waals surface area contributed by atoms with E-state index in [1.165, 1.54) is 6.07 Å². The summed E-state index contributed by atoms with van der Waals surface area (Å²) in [7, 11) is -3.30. The van der Waals surface area contributed by atoms with Gasteiger partial charge >= 0.3 is 0 Å². The van der Waals surface area contributed by atoms with Crippen LogP contribution < -0.4 is 4.31 Å². The van der Waals surface area contributed by atoms with Crippen LogP contribution in [-0.2, 0) is 10.0 Å². The maximum absolute atomic E-state index is 13.7.